The van der Waals surface area contributed by atoms with Gasteiger partial charge in [-0.3, -0.25) is 4.99 Å². The average Bonchev–Trinajstić information content (AvgIpc) is 3.27. The van der Waals surface area contributed by atoms with Gasteiger partial charge in [0, 0.05) is 0 Å². The number of benzene rings is 3. The van der Waals surface area contributed by atoms with E-state index in [1.54, 1.807) is 11.8 Å². The Labute approximate surface area is 162 Å². The zero-order valence-corrected chi connectivity index (χ0v) is 15.6. The van der Waals surface area contributed by atoms with Gasteiger partial charge in [-0.15, -0.1) is 11.8 Å². The fraction of sp³-hybridized carbons (Fsp3) is 0.130. The first-order chi connectivity index (χ1) is 13.3. The van der Waals surface area contributed by atoms with Crippen molar-refractivity contribution < 1.29 is 9.53 Å². The minimum Gasteiger partial charge on any atom is -0.467 e. The molecule has 0 saturated carbocycles. The molecule has 1 unspecified atom stereocenters. The van der Waals surface area contributed by atoms with E-state index in [2.05, 4.69) is 60.7 Å². The first-order valence-electron chi connectivity index (χ1n) is 8.84. The summed E-state index contributed by atoms with van der Waals surface area (Å²) in [5, 5.41) is -0.579. The lowest BCUT2D eigenvalue weighted by Crippen LogP contribution is -2.30. The number of aliphatic imine (C=N–C) groups is 1. The molecule has 1 aliphatic carbocycles. The molecule has 3 aromatic rings. The van der Waals surface area contributed by atoms with Gasteiger partial charge in [-0.05, 0) is 27.8 Å². The summed E-state index contributed by atoms with van der Waals surface area (Å²) in [5.41, 5.74) is 6.73. The molecule has 1 heterocycles. The van der Waals surface area contributed by atoms with Crippen molar-refractivity contribution in [1.29, 1.82) is 0 Å². The number of hydrogen-bond donors (Lipinski definition) is 0. The molecule has 0 N–H and O–H groups in total. The van der Waals surface area contributed by atoms with Crippen LogP contribution in [0.15, 0.2) is 83.9 Å². The molecule has 0 bridgehead atoms. The molecule has 1 atom stereocenters. The number of rotatable bonds is 2. The largest absolute Gasteiger partial charge is 0.467 e. The highest BCUT2D eigenvalue weighted by molar-refractivity contribution is 8.02. The summed E-state index contributed by atoms with van der Waals surface area (Å²) in [6.07, 6.45) is 0. The normalized spacial score (nSPS) is 18.7. The molecule has 2 aliphatic rings. The molecule has 0 aromatic heterocycles. The van der Waals surface area contributed by atoms with E-state index in [4.69, 9.17) is 9.73 Å². The van der Waals surface area contributed by atoms with E-state index in [0.717, 1.165) is 11.3 Å². The third-order valence-corrected chi connectivity index (χ3v) is 6.73. The van der Waals surface area contributed by atoms with Gasteiger partial charge >= 0.3 is 5.97 Å². The van der Waals surface area contributed by atoms with Gasteiger partial charge < -0.3 is 4.74 Å². The van der Waals surface area contributed by atoms with E-state index in [0.29, 0.717) is 0 Å². The maximum Gasteiger partial charge on any atom is 0.341 e. The van der Waals surface area contributed by atoms with Gasteiger partial charge in [0.25, 0.3) is 0 Å². The lowest BCUT2D eigenvalue weighted by atomic mass is 9.87. The van der Waals surface area contributed by atoms with Gasteiger partial charge in [-0.1, -0.05) is 78.9 Å². The van der Waals surface area contributed by atoms with Gasteiger partial charge in [-0.2, -0.15) is 0 Å². The summed E-state index contributed by atoms with van der Waals surface area (Å²) < 4.78 is 4.52. The lowest BCUT2D eigenvalue weighted by Gasteiger charge is -2.28. The summed E-state index contributed by atoms with van der Waals surface area (Å²) in [5.74, 6) is -0.313. The number of ether oxygens (including phenoxy) is 1. The SMILES string of the molecule is COC(=O)C1N=C(c2ccccc2)C2(S1)c1ccccc1-c1ccccc12. The molecule has 4 heteroatoms. The fourth-order valence-electron chi connectivity index (χ4n) is 4.11. The zero-order valence-electron chi connectivity index (χ0n) is 14.8. The Morgan fingerprint density at radius 2 is 1.44 bits per heavy atom. The Morgan fingerprint density at radius 1 is 0.889 bits per heavy atom. The lowest BCUT2D eigenvalue weighted by molar-refractivity contribution is -0.139. The summed E-state index contributed by atoms with van der Waals surface area (Å²) in [6, 6.07) is 27.0. The maximum absolute atomic E-state index is 12.4. The van der Waals surface area contributed by atoms with Gasteiger partial charge in [0.05, 0.1) is 12.8 Å². The second kappa shape index (κ2) is 6.10. The average molecular weight is 371 g/mol. The van der Waals surface area contributed by atoms with Gasteiger partial charge in [0.2, 0.25) is 0 Å². The Morgan fingerprint density at radius 3 is 2.04 bits per heavy atom. The summed E-state index contributed by atoms with van der Waals surface area (Å²) in [4.78, 5) is 17.3. The van der Waals surface area contributed by atoms with Crippen LogP contribution in [-0.2, 0) is 14.3 Å². The van der Waals surface area contributed by atoms with Crippen molar-refractivity contribution in [2.45, 2.75) is 10.1 Å². The summed E-state index contributed by atoms with van der Waals surface area (Å²) >= 11 is 1.56. The van der Waals surface area contributed by atoms with E-state index in [1.165, 1.54) is 29.4 Å². The number of fused-ring (bicyclic) bond motifs is 5. The van der Waals surface area contributed by atoms with Crippen LogP contribution in [0, 0.1) is 0 Å². The van der Waals surface area contributed by atoms with Gasteiger partial charge in [-0.25, -0.2) is 4.79 Å². The van der Waals surface area contributed by atoms with Crippen LogP contribution in [0.3, 0.4) is 0 Å². The smallest absolute Gasteiger partial charge is 0.341 e. The highest BCUT2D eigenvalue weighted by Gasteiger charge is 2.54. The Bertz CT molecular complexity index is 1030. The van der Waals surface area contributed by atoms with Crippen LogP contribution in [0.4, 0.5) is 0 Å². The molecular formula is C23H17NO2S. The Hall–Kier alpha value is -2.85. The molecule has 0 radical (unpaired) electrons. The molecule has 0 fully saturated rings. The van der Waals surface area contributed by atoms with Crippen molar-refractivity contribution in [3.8, 4) is 11.1 Å². The zero-order chi connectivity index (χ0) is 18.4. The van der Waals surface area contributed by atoms with Crippen LogP contribution in [0.25, 0.3) is 11.1 Å². The standard InChI is InChI=1S/C23H17NO2S/c1-26-22(25)21-24-20(15-9-3-2-4-10-15)23(27-21)18-13-7-5-11-16(18)17-12-6-8-14-19(17)23/h2-14,21H,1H3. The van der Waals surface area contributed by atoms with Crippen molar-refractivity contribution in [2.75, 3.05) is 7.11 Å². The summed E-state index contributed by atoms with van der Waals surface area (Å²) in [7, 11) is 1.42. The van der Waals surface area contributed by atoms with E-state index < -0.39 is 10.1 Å². The van der Waals surface area contributed by atoms with Crippen LogP contribution >= 0.6 is 11.8 Å². The van der Waals surface area contributed by atoms with Crippen molar-refractivity contribution in [3.05, 3.63) is 95.6 Å². The molecule has 0 amide bonds. The highest BCUT2D eigenvalue weighted by Crippen LogP contribution is 2.60. The third-order valence-electron chi connectivity index (χ3n) is 5.22. The number of hydrogen-bond acceptors (Lipinski definition) is 4. The molecule has 27 heavy (non-hydrogen) atoms. The number of carbonyl (C=O) groups is 1. The Kier molecular flexibility index (Phi) is 3.69. The van der Waals surface area contributed by atoms with E-state index in [-0.39, 0.29) is 5.97 Å². The van der Waals surface area contributed by atoms with Crippen molar-refractivity contribution in [2.24, 2.45) is 4.99 Å². The number of esters is 1. The van der Waals surface area contributed by atoms with Crippen LogP contribution < -0.4 is 0 Å². The topological polar surface area (TPSA) is 38.7 Å². The van der Waals surface area contributed by atoms with Crippen LogP contribution in [0.5, 0.6) is 0 Å². The number of nitrogens with zero attached hydrogens (tertiary/aromatic N) is 1. The molecule has 3 aromatic carbocycles. The van der Waals surface area contributed by atoms with E-state index in [9.17, 15) is 4.79 Å². The molecule has 1 spiro atoms. The first kappa shape index (κ1) is 16.3. The monoisotopic (exact) mass is 371 g/mol. The van der Waals surface area contributed by atoms with Gasteiger partial charge in [0.1, 0.15) is 4.75 Å². The van der Waals surface area contributed by atoms with Crippen molar-refractivity contribution in [3.63, 3.8) is 0 Å². The minimum absolute atomic E-state index is 0.313. The Balaban J connectivity index is 1.82. The predicted octanol–water partition coefficient (Wildman–Crippen LogP) is 4.65. The number of thioether (sulfide) groups is 1. The van der Waals surface area contributed by atoms with Crippen molar-refractivity contribution >= 4 is 23.4 Å². The molecule has 132 valence electrons. The third kappa shape index (κ3) is 2.23. The number of methoxy groups -OCH3 is 1. The van der Waals surface area contributed by atoms with E-state index in [1.807, 2.05) is 18.2 Å². The second-order valence-corrected chi connectivity index (χ2v) is 7.90. The quantitative estimate of drug-likeness (QED) is 0.616. The minimum atomic E-state index is -0.579. The predicted molar refractivity (Wildman–Crippen MR) is 109 cm³/mol. The number of carbonyl (C=O) groups excluding carboxylic acids is 1. The maximum atomic E-state index is 12.4. The molecule has 0 saturated heterocycles. The molecule has 3 nitrogen and oxygen atoms in total. The van der Waals surface area contributed by atoms with Crippen LogP contribution in [-0.4, -0.2) is 24.2 Å². The van der Waals surface area contributed by atoms with Crippen LogP contribution in [0.2, 0.25) is 0 Å². The molecular weight excluding hydrogens is 354 g/mol. The van der Waals surface area contributed by atoms with Crippen LogP contribution in [0.1, 0.15) is 16.7 Å². The summed E-state index contributed by atoms with van der Waals surface area (Å²) in [6.45, 7) is 0. The first-order valence-corrected chi connectivity index (χ1v) is 9.72. The molecule has 5 rings (SSSR count). The van der Waals surface area contributed by atoms with Gasteiger partial charge in [0.15, 0.2) is 5.37 Å². The molecule has 1 aliphatic heterocycles. The van der Waals surface area contributed by atoms with E-state index >= 15 is 0 Å². The fourth-order valence-corrected chi connectivity index (χ4v) is 5.69. The second-order valence-electron chi connectivity index (χ2n) is 6.61. The highest BCUT2D eigenvalue weighted by atomic mass is 32.2. The van der Waals surface area contributed by atoms with Crippen molar-refractivity contribution in [1.82, 2.24) is 0 Å².